The molecule has 1 unspecified atom stereocenters. The van der Waals surface area contributed by atoms with Crippen molar-refractivity contribution in [1.82, 2.24) is 0 Å². The lowest BCUT2D eigenvalue weighted by molar-refractivity contribution is 1.03. The van der Waals surface area contributed by atoms with Crippen LogP contribution in [0.25, 0.3) is 0 Å². The van der Waals surface area contributed by atoms with Crippen LogP contribution in [0, 0.1) is 0 Å². The summed E-state index contributed by atoms with van der Waals surface area (Å²) < 4.78 is 0. The minimum atomic E-state index is -1.01. The van der Waals surface area contributed by atoms with Crippen LogP contribution in [0.15, 0.2) is 0 Å². The molecule has 0 aliphatic carbocycles. The molecule has 0 saturated carbocycles. The van der Waals surface area contributed by atoms with E-state index in [0.717, 1.165) is 0 Å². The first-order chi connectivity index (χ1) is 4.10. The second-order valence-electron chi connectivity index (χ2n) is 2.55. The van der Waals surface area contributed by atoms with Crippen molar-refractivity contribution >= 4 is 58.6 Å². The zero-order chi connectivity index (χ0) is 6.91. The zero-order valence-corrected chi connectivity index (χ0v) is 12.0. The number of halogens is 3. The summed E-state index contributed by atoms with van der Waals surface area (Å²) >= 11 is 11.4. The second kappa shape index (κ2) is 3.51. The van der Waals surface area contributed by atoms with Gasteiger partial charge < -0.3 is 0 Å². The number of hydrogen-bond donors (Lipinski definition) is 0. The van der Waals surface area contributed by atoms with Gasteiger partial charge in [0, 0.05) is 0 Å². The molecule has 5 heteroatoms. The Kier molecular flexibility index (Phi) is 3.50. The van der Waals surface area contributed by atoms with E-state index in [0.29, 0.717) is 0 Å². The van der Waals surface area contributed by atoms with Crippen LogP contribution in [-0.4, -0.2) is 12.7 Å². The lowest BCUT2D eigenvalue weighted by atomic mass is 10.6. The van der Waals surface area contributed by atoms with Gasteiger partial charge in [-0.1, -0.05) is 12.5 Å². The summed E-state index contributed by atoms with van der Waals surface area (Å²) in [6, 6.07) is 2.91. The molecule has 0 spiro atoms. The third-order valence-corrected chi connectivity index (χ3v) is 20.4. The van der Waals surface area contributed by atoms with Crippen molar-refractivity contribution in [3.8, 4) is 0 Å². The van der Waals surface area contributed by atoms with E-state index in [1.807, 2.05) is 0 Å². The maximum Gasteiger partial charge on any atom is 0.199 e. The zero-order valence-electron chi connectivity index (χ0n) is 5.04. The van der Waals surface area contributed by atoms with Crippen molar-refractivity contribution in [2.24, 2.45) is 0 Å². The van der Waals surface area contributed by atoms with Crippen LogP contribution in [-0.2, 0) is 0 Å². The lowest BCUT2D eigenvalue weighted by Gasteiger charge is -2.25. The lowest BCUT2D eigenvalue weighted by Crippen LogP contribution is -2.28. The van der Waals surface area contributed by atoms with Gasteiger partial charge in [-0.25, -0.2) is 0 Å². The summed E-state index contributed by atoms with van der Waals surface area (Å²) in [6.45, 7) is 0. The third-order valence-electron chi connectivity index (χ3n) is 1.58. The molecule has 9 heavy (non-hydrogen) atoms. The van der Waals surface area contributed by atoms with E-state index < -0.39 is 12.7 Å². The predicted molar refractivity (Wildman–Crippen MR) is 58.7 cm³/mol. The molecule has 0 amide bonds. The highest BCUT2D eigenvalue weighted by Crippen LogP contribution is 2.39. The Morgan fingerprint density at radius 3 is 2.33 bits per heavy atom. The summed E-state index contributed by atoms with van der Waals surface area (Å²) in [5, 5.41) is -1.01. The smallest absolute Gasteiger partial charge is 0.131 e. The van der Waals surface area contributed by atoms with Gasteiger partial charge in [0.25, 0.3) is 0 Å². The van der Waals surface area contributed by atoms with E-state index in [2.05, 4.69) is 45.9 Å². The summed E-state index contributed by atoms with van der Waals surface area (Å²) in [5.41, 5.74) is 1.47. The Balaban J connectivity index is 2.41. The molecule has 1 fully saturated rings. The minimum Gasteiger partial charge on any atom is -0.131 e. The molecule has 0 aromatic carbocycles. The van der Waals surface area contributed by atoms with Gasteiger partial charge in [0.15, 0.2) is 5.31 Å². The van der Waals surface area contributed by atoms with E-state index in [4.69, 9.17) is 0 Å². The Morgan fingerprint density at radius 1 is 1.33 bits per heavy atom. The fourth-order valence-electron chi connectivity index (χ4n) is 1.11. The van der Waals surface area contributed by atoms with Gasteiger partial charge >= 0.3 is 0 Å². The van der Waals surface area contributed by atoms with Gasteiger partial charge in [0.05, 0.1) is 0 Å². The van der Waals surface area contributed by atoms with Crippen LogP contribution in [0.4, 0.5) is 0 Å². The number of hydrogen-bond acceptors (Lipinski definition) is 0. The van der Waals surface area contributed by atoms with Crippen LogP contribution in [0.5, 0.6) is 0 Å². The van der Waals surface area contributed by atoms with E-state index >= 15 is 0 Å². The van der Waals surface area contributed by atoms with Crippen molar-refractivity contribution in [2.75, 3.05) is 0 Å². The first kappa shape index (κ1) is 8.97. The fraction of sp³-hybridized carbons (Fsp3) is 1.00. The molecule has 0 bridgehead atoms. The SMILES string of the molecule is Br[SiH]1CCC[Si](Br)(Br)C1. The Labute approximate surface area is 82.1 Å². The maximum absolute atomic E-state index is 3.79. The second-order valence-corrected chi connectivity index (χ2v) is 24.4. The van der Waals surface area contributed by atoms with Crippen LogP contribution in [0.2, 0.25) is 17.8 Å². The molecule has 0 aromatic heterocycles. The summed E-state index contributed by atoms with van der Waals surface area (Å²) in [4.78, 5) is 0. The Bertz CT molecular complexity index is 106. The molecule has 0 aromatic rings. The van der Waals surface area contributed by atoms with Crippen molar-refractivity contribution < 1.29 is 0 Å². The van der Waals surface area contributed by atoms with Crippen molar-refractivity contribution in [2.45, 2.75) is 24.2 Å². The van der Waals surface area contributed by atoms with Crippen LogP contribution in [0.1, 0.15) is 6.42 Å². The van der Waals surface area contributed by atoms with E-state index in [1.165, 1.54) is 24.2 Å². The van der Waals surface area contributed by atoms with E-state index in [-0.39, 0.29) is 0 Å². The molecule has 1 aliphatic rings. The molecule has 1 rings (SSSR count). The quantitative estimate of drug-likeness (QED) is 0.463. The largest absolute Gasteiger partial charge is 0.199 e. The summed E-state index contributed by atoms with van der Waals surface area (Å²) in [6.07, 6.45) is 1.44. The van der Waals surface area contributed by atoms with Crippen LogP contribution in [0.3, 0.4) is 0 Å². The van der Waals surface area contributed by atoms with Crippen LogP contribution >= 0.6 is 45.9 Å². The highest BCUT2D eigenvalue weighted by Gasteiger charge is 2.33. The van der Waals surface area contributed by atoms with Gasteiger partial charge in [0.1, 0.15) is 7.42 Å². The fourth-order valence-corrected chi connectivity index (χ4v) is 29.6. The van der Waals surface area contributed by atoms with Crippen molar-refractivity contribution in [1.29, 1.82) is 0 Å². The predicted octanol–water partition coefficient (Wildman–Crippen LogP) is 3.28. The first-order valence-electron chi connectivity index (χ1n) is 3.12. The molecule has 0 radical (unpaired) electrons. The average Bonchev–Trinajstić information content (AvgIpc) is 1.60. The average molecular weight is 353 g/mol. The molecule has 0 nitrogen and oxygen atoms in total. The molecule has 1 heterocycles. The van der Waals surface area contributed by atoms with Gasteiger partial charge in [-0.3, -0.25) is 0 Å². The highest BCUT2D eigenvalue weighted by atomic mass is 79.9. The molecule has 1 aliphatic heterocycles. The number of rotatable bonds is 0. The Morgan fingerprint density at radius 2 is 2.00 bits per heavy atom. The molecule has 1 atom stereocenters. The summed E-state index contributed by atoms with van der Waals surface area (Å²) in [5.74, 6) is 0. The Hall–Kier alpha value is 1.87. The molecule has 54 valence electrons. The highest BCUT2D eigenvalue weighted by molar-refractivity contribution is 9.51. The van der Waals surface area contributed by atoms with Crippen LogP contribution < -0.4 is 0 Å². The first-order valence-corrected chi connectivity index (χ1v) is 14.9. The van der Waals surface area contributed by atoms with Gasteiger partial charge in [-0.15, -0.1) is 45.9 Å². The topological polar surface area (TPSA) is 0 Å². The molecule has 0 N–H and O–H groups in total. The maximum atomic E-state index is 3.79. The molecular formula is C4H9Br3Si2. The standard InChI is InChI=1S/C4H9Br3Si2/c5-8-2-1-3-9(6,7)4-8/h8H,1-4H2. The third kappa shape index (κ3) is 3.18. The van der Waals surface area contributed by atoms with Gasteiger partial charge in [-0.05, 0) is 11.7 Å². The minimum absolute atomic E-state index is 0.439. The van der Waals surface area contributed by atoms with E-state index in [9.17, 15) is 0 Å². The van der Waals surface area contributed by atoms with Gasteiger partial charge in [-0.2, -0.15) is 0 Å². The summed E-state index contributed by atoms with van der Waals surface area (Å²) in [7, 11) is -0.439. The van der Waals surface area contributed by atoms with Gasteiger partial charge in [0.2, 0.25) is 0 Å². The molecular weight excluding hydrogens is 344 g/mol. The normalized spacial score (nSPS) is 34.3. The van der Waals surface area contributed by atoms with Crippen molar-refractivity contribution in [3.63, 3.8) is 0 Å². The monoisotopic (exact) mass is 350 g/mol. The molecule has 1 saturated heterocycles. The van der Waals surface area contributed by atoms with Crippen molar-refractivity contribution in [3.05, 3.63) is 0 Å². The van der Waals surface area contributed by atoms with E-state index in [1.54, 1.807) is 0 Å².